The summed E-state index contributed by atoms with van der Waals surface area (Å²) in [5.74, 6) is -0.241. The first-order valence-electron chi connectivity index (χ1n) is 12.4. The number of aromatic nitrogens is 1. The molecule has 3 atom stereocenters. The van der Waals surface area contributed by atoms with Gasteiger partial charge in [-0.1, -0.05) is 12.1 Å². The summed E-state index contributed by atoms with van der Waals surface area (Å²) in [5.41, 5.74) is 2.49. The van der Waals surface area contributed by atoms with E-state index in [-0.39, 0.29) is 36.3 Å². The Morgan fingerprint density at radius 1 is 1.17 bits per heavy atom. The van der Waals surface area contributed by atoms with Crippen molar-refractivity contribution in [2.75, 3.05) is 19.6 Å². The lowest BCUT2D eigenvalue weighted by Gasteiger charge is -2.34. The molecule has 2 heterocycles. The van der Waals surface area contributed by atoms with Crippen LogP contribution in [0.3, 0.4) is 0 Å². The van der Waals surface area contributed by atoms with Crippen molar-refractivity contribution in [3.63, 3.8) is 0 Å². The van der Waals surface area contributed by atoms with Crippen LogP contribution in [0.4, 0.5) is 9.18 Å². The van der Waals surface area contributed by atoms with Crippen LogP contribution in [0.15, 0.2) is 42.6 Å². The number of carbonyl (C=O) groups excluding carboxylic acids is 2. The Morgan fingerprint density at radius 3 is 2.74 bits per heavy atom. The van der Waals surface area contributed by atoms with Gasteiger partial charge in [-0.05, 0) is 81.8 Å². The summed E-state index contributed by atoms with van der Waals surface area (Å²) in [6.45, 7) is 7.11. The van der Waals surface area contributed by atoms with E-state index in [2.05, 4.69) is 20.5 Å². The van der Waals surface area contributed by atoms with Gasteiger partial charge in [0.2, 0.25) is 5.91 Å². The van der Waals surface area contributed by atoms with E-state index in [1.54, 1.807) is 12.3 Å². The fourth-order valence-electron chi connectivity index (χ4n) is 5.07. The van der Waals surface area contributed by atoms with Gasteiger partial charge >= 0.3 is 6.09 Å². The number of hydrogen-bond acceptors (Lipinski definition) is 5. The first kappa shape index (κ1) is 25.1. The molecule has 0 bridgehead atoms. The van der Waals surface area contributed by atoms with Gasteiger partial charge in [0.15, 0.2) is 0 Å². The molecule has 1 aliphatic heterocycles. The third kappa shape index (κ3) is 7.01. The highest BCUT2D eigenvalue weighted by Crippen LogP contribution is 2.34. The van der Waals surface area contributed by atoms with Crippen LogP contribution in [-0.2, 0) is 22.4 Å². The zero-order valence-electron chi connectivity index (χ0n) is 20.7. The predicted molar refractivity (Wildman–Crippen MR) is 132 cm³/mol. The largest absolute Gasteiger partial charge is 0.444 e. The Hall–Kier alpha value is -3.00. The van der Waals surface area contributed by atoms with Crippen LogP contribution in [0.5, 0.6) is 0 Å². The third-order valence-electron chi connectivity index (χ3n) is 6.58. The molecule has 4 rings (SSSR count). The van der Waals surface area contributed by atoms with E-state index < -0.39 is 11.7 Å². The Balaban J connectivity index is 1.36. The second kappa shape index (κ2) is 10.7. The number of rotatable bonds is 6. The molecule has 1 aliphatic carbocycles. The number of nitrogens with zero attached hydrogens (tertiary/aromatic N) is 2. The van der Waals surface area contributed by atoms with Crippen molar-refractivity contribution in [1.29, 1.82) is 0 Å². The summed E-state index contributed by atoms with van der Waals surface area (Å²) >= 11 is 0. The number of carbonyl (C=O) groups is 2. The molecular weight excluding hydrogens is 447 g/mol. The van der Waals surface area contributed by atoms with Crippen molar-refractivity contribution in [2.45, 2.75) is 70.1 Å². The molecule has 8 heteroatoms. The number of amides is 2. The summed E-state index contributed by atoms with van der Waals surface area (Å²) in [5, 5.41) is 6.14. The summed E-state index contributed by atoms with van der Waals surface area (Å²) in [7, 11) is 0. The summed E-state index contributed by atoms with van der Waals surface area (Å²) in [4.78, 5) is 31.6. The number of halogens is 1. The number of benzene rings is 1. The lowest BCUT2D eigenvalue weighted by molar-refractivity contribution is -0.123. The van der Waals surface area contributed by atoms with Gasteiger partial charge in [-0.15, -0.1) is 0 Å². The predicted octanol–water partition coefficient (Wildman–Crippen LogP) is 3.58. The van der Waals surface area contributed by atoms with Gasteiger partial charge in [0, 0.05) is 43.0 Å². The topological polar surface area (TPSA) is 83.6 Å². The lowest BCUT2D eigenvalue weighted by Crippen LogP contribution is -2.47. The van der Waals surface area contributed by atoms with Crippen molar-refractivity contribution >= 4 is 12.0 Å². The van der Waals surface area contributed by atoms with Crippen molar-refractivity contribution in [1.82, 2.24) is 20.5 Å². The van der Waals surface area contributed by atoms with E-state index >= 15 is 0 Å². The van der Waals surface area contributed by atoms with E-state index in [0.29, 0.717) is 13.0 Å². The van der Waals surface area contributed by atoms with Gasteiger partial charge in [0.1, 0.15) is 11.4 Å². The number of nitrogens with one attached hydrogen (secondary N) is 2. The first-order chi connectivity index (χ1) is 16.7. The zero-order valence-corrected chi connectivity index (χ0v) is 20.7. The molecule has 0 unspecified atom stereocenters. The van der Waals surface area contributed by atoms with E-state index in [1.807, 2.05) is 45.0 Å². The van der Waals surface area contributed by atoms with Crippen LogP contribution < -0.4 is 10.6 Å². The number of hydrogen-bond donors (Lipinski definition) is 2. The smallest absolute Gasteiger partial charge is 0.407 e. The van der Waals surface area contributed by atoms with E-state index in [0.717, 1.165) is 42.6 Å². The maximum absolute atomic E-state index is 13.9. The van der Waals surface area contributed by atoms with Gasteiger partial charge in [-0.25, -0.2) is 9.18 Å². The number of aryl methyl sites for hydroxylation is 1. The monoisotopic (exact) mass is 482 g/mol. The van der Waals surface area contributed by atoms with E-state index in [4.69, 9.17) is 4.74 Å². The summed E-state index contributed by atoms with van der Waals surface area (Å²) in [6, 6.07) is 10.7. The summed E-state index contributed by atoms with van der Waals surface area (Å²) in [6.07, 6.45) is 4.27. The second-order valence-corrected chi connectivity index (χ2v) is 10.6. The van der Waals surface area contributed by atoms with Crippen LogP contribution in [0.25, 0.3) is 0 Å². The molecule has 188 valence electrons. The molecule has 1 aromatic carbocycles. The van der Waals surface area contributed by atoms with Crippen LogP contribution in [-0.4, -0.2) is 59.2 Å². The quantitative estimate of drug-likeness (QED) is 0.658. The third-order valence-corrected chi connectivity index (χ3v) is 6.58. The summed E-state index contributed by atoms with van der Waals surface area (Å²) < 4.78 is 19.2. The molecule has 0 spiro atoms. The Morgan fingerprint density at radius 2 is 2.00 bits per heavy atom. The highest BCUT2D eigenvalue weighted by molar-refractivity contribution is 5.78. The van der Waals surface area contributed by atoms with Crippen molar-refractivity contribution in [3.8, 4) is 0 Å². The number of alkyl carbamates (subject to hydrolysis) is 1. The Kier molecular flexibility index (Phi) is 7.69. The maximum Gasteiger partial charge on any atom is 0.407 e. The van der Waals surface area contributed by atoms with Gasteiger partial charge < -0.3 is 15.4 Å². The SMILES string of the molecule is CC(C)(C)OC(=O)N[C@@H]1CCN(CC(=O)N[C@H]2CCc3cc(F)ccc3[C@H]2Cc2ccccn2)C1. The van der Waals surface area contributed by atoms with E-state index in [9.17, 15) is 14.0 Å². The average Bonchev–Trinajstić information content (AvgIpc) is 3.20. The van der Waals surface area contributed by atoms with Crippen LogP contribution in [0.1, 0.15) is 56.4 Å². The molecule has 7 nitrogen and oxygen atoms in total. The highest BCUT2D eigenvalue weighted by Gasteiger charge is 2.33. The van der Waals surface area contributed by atoms with Crippen molar-refractivity contribution in [3.05, 3.63) is 65.2 Å². The molecular formula is C27H35FN4O3. The molecule has 35 heavy (non-hydrogen) atoms. The van der Waals surface area contributed by atoms with Gasteiger partial charge in [0.05, 0.1) is 6.54 Å². The molecule has 2 N–H and O–H groups in total. The minimum absolute atomic E-state index is 0.0263. The minimum Gasteiger partial charge on any atom is -0.444 e. The number of likely N-dealkylation sites (tertiary alicyclic amines) is 1. The lowest BCUT2D eigenvalue weighted by atomic mass is 9.76. The fraction of sp³-hybridized carbons (Fsp3) is 0.519. The van der Waals surface area contributed by atoms with Crippen LogP contribution in [0.2, 0.25) is 0 Å². The van der Waals surface area contributed by atoms with Gasteiger partial charge in [-0.2, -0.15) is 0 Å². The standard InChI is InChI=1S/C27H35FN4O3/c1-27(2,3)35-26(34)30-21-11-13-32(16-21)17-25(33)31-24-10-7-18-14-19(28)8-9-22(18)23(24)15-20-6-4-5-12-29-20/h4-6,8-9,12,14,21,23-24H,7,10-11,13,15-17H2,1-3H3,(H,30,34)(H,31,33)/t21-,23-,24+/m1/s1. The zero-order chi connectivity index (χ0) is 25.0. The molecule has 2 aromatic rings. The molecule has 1 fully saturated rings. The maximum atomic E-state index is 13.9. The fourth-order valence-corrected chi connectivity index (χ4v) is 5.07. The molecule has 0 saturated carbocycles. The molecule has 0 radical (unpaired) electrons. The Labute approximate surface area is 206 Å². The average molecular weight is 483 g/mol. The molecule has 1 saturated heterocycles. The highest BCUT2D eigenvalue weighted by atomic mass is 19.1. The van der Waals surface area contributed by atoms with Crippen molar-refractivity contribution in [2.24, 2.45) is 0 Å². The first-order valence-corrected chi connectivity index (χ1v) is 12.4. The van der Waals surface area contributed by atoms with Gasteiger partial charge in [0.25, 0.3) is 0 Å². The number of fused-ring (bicyclic) bond motifs is 1. The Bertz CT molecular complexity index is 1040. The van der Waals surface area contributed by atoms with Gasteiger partial charge in [-0.3, -0.25) is 14.7 Å². The molecule has 2 aliphatic rings. The van der Waals surface area contributed by atoms with Crippen LogP contribution in [0, 0.1) is 5.82 Å². The van der Waals surface area contributed by atoms with Crippen LogP contribution >= 0.6 is 0 Å². The van der Waals surface area contributed by atoms with E-state index in [1.165, 1.54) is 6.07 Å². The second-order valence-electron chi connectivity index (χ2n) is 10.6. The van der Waals surface area contributed by atoms with Crippen molar-refractivity contribution < 1.29 is 18.7 Å². The minimum atomic E-state index is -0.543. The normalized spacial score (nSPS) is 22.3. The number of pyridine rings is 1. The molecule has 1 aromatic heterocycles. The molecule has 2 amide bonds. The number of ether oxygens (including phenoxy) is 1.